The van der Waals surface area contributed by atoms with Crippen LogP contribution in [-0.4, -0.2) is 102 Å². The lowest BCUT2D eigenvalue weighted by Crippen LogP contribution is -2.50. The average Bonchev–Trinajstić information content (AvgIpc) is 3.79. The second-order valence-corrected chi connectivity index (χ2v) is 22.9. The number of aromatic amines is 1. The number of nitrogens with two attached hydrogens (primary N) is 1. The zero-order chi connectivity index (χ0) is 37.5. The summed E-state index contributed by atoms with van der Waals surface area (Å²) in [7, 11) is -7.94. The molecule has 0 amide bonds. The lowest BCUT2D eigenvalue weighted by Gasteiger charge is -2.40. The number of fused-ring (bicyclic) bond motifs is 5. The first-order valence-electron chi connectivity index (χ1n) is 15.9. The van der Waals surface area contributed by atoms with E-state index in [2.05, 4.69) is 24.9 Å². The molecule has 3 aliphatic heterocycles. The van der Waals surface area contributed by atoms with Crippen LogP contribution in [0.15, 0.2) is 30.0 Å². The number of anilines is 1. The first-order chi connectivity index (χ1) is 24.3. The van der Waals surface area contributed by atoms with Gasteiger partial charge in [-0.1, -0.05) is 20.8 Å². The van der Waals surface area contributed by atoms with Crippen LogP contribution in [0.4, 0.5) is 14.6 Å². The maximum Gasteiger partial charge on any atom is 0.472 e. The predicted molar refractivity (Wildman–Crippen MR) is 183 cm³/mol. The standard InChI is InChI=1S/C27H36F2N8O11P2SSi/c1-27(2,3)52(4,5)48-19-14-8-43-50(41,51)47-18-13(44-25(16(18)29)37-11-35-17-21(30)31-9-33-23(17)37)7-42-49(39,40)46-20(19)26(45-14)36-6-12(28)15-22(36)32-10-34-24(15)38/h6,9-11,13-14,16,18-20,25-26H,7-8H2,1-5H3,(H,39,40)(H,41,51)(H2,30,31,33)(H,32,34,38)/t13?,14?,16-,18-,19?,20-,25-,26-,50?/m1/s1. The lowest BCUT2D eigenvalue weighted by atomic mass is 10.1. The summed E-state index contributed by atoms with van der Waals surface area (Å²) in [6, 6.07) is 0. The first kappa shape index (κ1) is 37.7. The Morgan fingerprint density at radius 1 is 1.04 bits per heavy atom. The van der Waals surface area contributed by atoms with E-state index >= 15 is 8.78 Å². The van der Waals surface area contributed by atoms with Crippen LogP contribution in [0.2, 0.25) is 18.1 Å². The fourth-order valence-electron chi connectivity index (χ4n) is 6.02. The summed E-state index contributed by atoms with van der Waals surface area (Å²) in [5.41, 5.74) is 5.21. The van der Waals surface area contributed by atoms with E-state index in [9.17, 15) is 19.1 Å². The molecule has 7 rings (SSSR count). The number of ether oxygens (including phenoxy) is 2. The normalized spacial score (nSPS) is 34.9. The molecule has 0 saturated carbocycles. The van der Waals surface area contributed by atoms with Gasteiger partial charge in [-0.2, -0.15) is 0 Å². The van der Waals surface area contributed by atoms with E-state index in [1.807, 2.05) is 33.9 Å². The average molecular weight is 809 g/mol. The van der Waals surface area contributed by atoms with Crippen LogP contribution < -0.4 is 11.3 Å². The van der Waals surface area contributed by atoms with E-state index in [-0.39, 0.29) is 22.6 Å². The van der Waals surface area contributed by atoms with Gasteiger partial charge < -0.3 is 43.5 Å². The minimum absolute atomic E-state index is 0.0288. The molecule has 7 heterocycles. The first-order valence-corrected chi connectivity index (χ1v) is 22.9. The minimum Gasteiger partial charge on any atom is -0.408 e. The van der Waals surface area contributed by atoms with Crippen LogP contribution in [0, 0.1) is 5.82 Å². The number of alkyl halides is 1. The third-order valence-corrected chi connectivity index (χ3v) is 16.6. The van der Waals surface area contributed by atoms with Gasteiger partial charge >= 0.3 is 14.5 Å². The summed E-state index contributed by atoms with van der Waals surface area (Å²) in [4.78, 5) is 53.5. The smallest absolute Gasteiger partial charge is 0.408 e. The van der Waals surface area contributed by atoms with Gasteiger partial charge in [-0.25, -0.2) is 33.3 Å². The Balaban J connectivity index is 1.27. The van der Waals surface area contributed by atoms with Crippen molar-refractivity contribution >= 4 is 62.7 Å². The van der Waals surface area contributed by atoms with Crippen LogP contribution in [0.25, 0.3) is 22.2 Å². The number of nitrogens with zero attached hydrogens (tertiary/aromatic N) is 6. The number of hydrogen-bond acceptors (Lipinski definition) is 15. The van der Waals surface area contributed by atoms with Gasteiger partial charge in [0.15, 0.2) is 49.9 Å². The van der Waals surface area contributed by atoms with Crippen molar-refractivity contribution in [1.82, 2.24) is 34.1 Å². The number of hydrogen-bond donors (Lipinski definition) is 4. The van der Waals surface area contributed by atoms with Crippen LogP contribution in [0.1, 0.15) is 33.2 Å². The molecule has 5 N–H and O–H groups in total. The number of aromatic nitrogens is 7. The number of halogens is 2. The highest BCUT2D eigenvalue weighted by Crippen LogP contribution is 2.55. The van der Waals surface area contributed by atoms with Gasteiger partial charge in [-0.05, 0) is 29.9 Å². The van der Waals surface area contributed by atoms with Crippen LogP contribution in [0.5, 0.6) is 0 Å². The molecule has 5 unspecified atom stereocenters. The van der Waals surface area contributed by atoms with Gasteiger partial charge in [0, 0.05) is 6.20 Å². The zero-order valence-electron chi connectivity index (χ0n) is 28.2. The quantitative estimate of drug-likeness (QED) is 0.171. The molecule has 52 heavy (non-hydrogen) atoms. The van der Waals surface area contributed by atoms with Crippen molar-refractivity contribution in [3.05, 3.63) is 41.3 Å². The molecule has 0 aliphatic carbocycles. The Morgan fingerprint density at radius 2 is 1.75 bits per heavy atom. The number of rotatable bonds is 4. The van der Waals surface area contributed by atoms with Crippen LogP contribution in [-0.2, 0) is 48.4 Å². The Labute approximate surface area is 299 Å². The molecule has 10 atom stereocenters. The van der Waals surface area contributed by atoms with E-state index in [0.717, 1.165) is 23.4 Å². The number of nitrogen functional groups attached to an aromatic ring is 1. The Kier molecular flexibility index (Phi) is 9.63. The van der Waals surface area contributed by atoms with Crippen molar-refractivity contribution in [2.24, 2.45) is 0 Å². The van der Waals surface area contributed by atoms with E-state index in [1.54, 1.807) is 0 Å². The van der Waals surface area contributed by atoms with Crippen molar-refractivity contribution < 1.29 is 55.1 Å². The fraction of sp³-hybridized carbons (Fsp3) is 0.593. The predicted octanol–water partition coefficient (Wildman–Crippen LogP) is 2.94. The van der Waals surface area contributed by atoms with E-state index in [1.165, 1.54) is 10.9 Å². The molecule has 284 valence electrons. The lowest BCUT2D eigenvalue weighted by molar-refractivity contribution is -0.0641. The third-order valence-electron chi connectivity index (χ3n) is 9.61. The summed E-state index contributed by atoms with van der Waals surface area (Å²) in [5, 5.41) is -0.804. The van der Waals surface area contributed by atoms with E-state index in [4.69, 9.17) is 49.5 Å². The second kappa shape index (κ2) is 13.3. The molecular weight excluding hydrogens is 772 g/mol. The molecular formula is C27H36F2N8O11P2SSi. The van der Waals surface area contributed by atoms with Crippen LogP contribution in [0.3, 0.4) is 0 Å². The van der Waals surface area contributed by atoms with Crippen molar-refractivity contribution in [2.75, 3.05) is 18.9 Å². The molecule has 2 bridgehead atoms. The third kappa shape index (κ3) is 6.80. The maximum absolute atomic E-state index is 16.3. The number of phosphoric acid groups is 1. The van der Waals surface area contributed by atoms with E-state index < -0.39 is 107 Å². The van der Waals surface area contributed by atoms with Crippen LogP contribution >= 0.6 is 14.5 Å². The van der Waals surface area contributed by atoms with Gasteiger partial charge in [0.05, 0.1) is 25.9 Å². The molecule has 4 aromatic rings. The van der Waals surface area contributed by atoms with Gasteiger partial charge in [-0.15, -0.1) is 0 Å². The number of imidazole rings is 1. The molecule has 0 spiro atoms. The summed E-state index contributed by atoms with van der Waals surface area (Å²) in [6.07, 6.45) is -7.86. The molecule has 3 saturated heterocycles. The van der Waals surface area contributed by atoms with Crippen molar-refractivity contribution in [2.45, 2.75) is 88.1 Å². The zero-order valence-corrected chi connectivity index (χ0v) is 31.8. The van der Waals surface area contributed by atoms with Gasteiger partial charge in [0.2, 0.25) is 0 Å². The largest absolute Gasteiger partial charge is 0.472 e. The van der Waals surface area contributed by atoms with Gasteiger partial charge in [0.25, 0.3) is 5.56 Å². The highest BCUT2D eigenvalue weighted by atomic mass is 32.5. The van der Waals surface area contributed by atoms with Crippen molar-refractivity contribution in [3.63, 3.8) is 0 Å². The molecule has 19 nitrogen and oxygen atoms in total. The number of H-pyrrole nitrogens is 1. The number of nitrogens with one attached hydrogen (secondary N) is 1. The molecule has 0 radical (unpaired) electrons. The van der Waals surface area contributed by atoms with Crippen molar-refractivity contribution in [3.8, 4) is 0 Å². The minimum atomic E-state index is -5.16. The highest BCUT2D eigenvalue weighted by Gasteiger charge is 2.56. The van der Waals surface area contributed by atoms with Gasteiger partial charge in [0.1, 0.15) is 47.8 Å². The summed E-state index contributed by atoms with van der Waals surface area (Å²) in [5.74, 6) is -0.925. The van der Waals surface area contributed by atoms with Gasteiger partial charge in [-0.3, -0.25) is 22.9 Å². The maximum atomic E-state index is 16.3. The van der Waals surface area contributed by atoms with E-state index in [0.29, 0.717) is 0 Å². The molecule has 25 heteroatoms. The summed E-state index contributed by atoms with van der Waals surface area (Å²) in [6.45, 7) is 3.94. The second-order valence-electron chi connectivity index (χ2n) is 14.0. The van der Waals surface area contributed by atoms with Crippen molar-refractivity contribution in [1.29, 1.82) is 0 Å². The summed E-state index contributed by atoms with van der Waals surface area (Å²) < 4.78 is 89.1. The Bertz CT molecular complexity index is 2170. The highest BCUT2D eigenvalue weighted by molar-refractivity contribution is 8.07. The molecule has 3 aliphatic rings. The topological polar surface area (TPSA) is 242 Å². The monoisotopic (exact) mass is 808 g/mol. The Hall–Kier alpha value is -2.63. The fourth-order valence-corrected chi connectivity index (χ4v) is 9.70. The summed E-state index contributed by atoms with van der Waals surface area (Å²) >= 11 is 5.32. The number of phosphoric ester groups is 1. The SMILES string of the molecule is CC(C)(C)[Si](C)(C)OC1C2COP(O)(=S)O[C@@H]3C(COP(=O)(O)O[C@H]1[C@H](n1cc(F)c4c(=O)[nH]cnc41)O2)O[C@@H](n1cnc2c(N)ncnc21)[C@@H]3F. The Morgan fingerprint density at radius 3 is 2.48 bits per heavy atom. The molecule has 0 aromatic carbocycles. The molecule has 3 fully saturated rings. The molecule has 4 aromatic heterocycles.